The highest BCUT2D eigenvalue weighted by Gasteiger charge is 2.29. The number of fused-ring (bicyclic) bond motifs is 1. The molecule has 1 N–H and O–H groups in total. The van der Waals surface area contributed by atoms with Gasteiger partial charge in [0.25, 0.3) is 5.69 Å². The number of aryl methyl sites for hydroxylation is 1. The predicted octanol–water partition coefficient (Wildman–Crippen LogP) is 4.11. The molecule has 150 valence electrons. The van der Waals surface area contributed by atoms with E-state index in [9.17, 15) is 15.2 Å². The van der Waals surface area contributed by atoms with Crippen LogP contribution in [-0.4, -0.2) is 33.2 Å². The fourth-order valence-electron chi connectivity index (χ4n) is 4.11. The molecule has 7 nitrogen and oxygen atoms in total. The predicted molar refractivity (Wildman–Crippen MR) is 109 cm³/mol. The Hall–Kier alpha value is -3.32. The first-order valence-electron chi connectivity index (χ1n) is 9.57. The molecule has 0 spiro atoms. The topological polar surface area (TPSA) is 80.8 Å². The molecule has 2 aromatic carbocycles. The molecule has 0 aliphatic carbocycles. The molecule has 0 saturated carbocycles. The Morgan fingerprint density at radius 1 is 1.17 bits per heavy atom. The van der Waals surface area contributed by atoms with Crippen molar-refractivity contribution >= 4 is 5.69 Å². The quantitative estimate of drug-likeness (QED) is 0.521. The van der Waals surface area contributed by atoms with Crippen molar-refractivity contribution in [1.82, 2.24) is 9.47 Å². The van der Waals surface area contributed by atoms with Gasteiger partial charge in [-0.25, -0.2) is 0 Å². The number of ether oxygens (including phenoxy) is 1. The largest absolute Gasteiger partial charge is 0.504 e. The summed E-state index contributed by atoms with van der Waals surface area (Å²) in [6.45, 7) is 2.11. The highest BCUT2D eigenvalue weighted by atomic mass is 16.6. The summed E-state index contributed by atoms with van der Waals surface area (Å²) >= 11 is 0. The molecule has 0 amide bonds. The van der Waals surface area contributed by atoms with E-state index < -0.39 is 0 Å². The van der Waals surface area contributed by atoms with E-state index in [-0.39, 0.29) is 22.4 Å². The average molecular weight is 393 g/mol. The molecule has 0 bridgehead atoms. The lowest BCUT2D eigenvalue weighted by atomic mass is 10.00. The van der Waals surface area contributed by atoms with Crippen LogP contribution in [0.2, 0.25) is 0 Å². The Morgan fingerprint density at radius 2 is 2.00 bits per heavy atom. The molecular formula is C22H23N3O4. The summed E-state index contributed by atoms with van der Waals surface area (Å²) in [6.07, 6.45) is 2.99. The van der Waals surface area contributed by atoms with Gasteiger partial charge in [-0.1, -0.05) is 24.3 Å². The first-order valence-corrected chi connectivity index (χ1v) is 9.57. The van der Waals surface area contributed by atoms with Crippen LogP contribution in [0.1, 0.15) is 29.3 Å². The third-order valence-corrected chi connectivity index (χ3v) is 5.43. The maximum Gasteiger partial charge on any atom is 0.273 e. The van der Waals surface area contributed by atoms with Crippen LogP contribution in [0, 0.1) is 10.1 Å². The number of phenolic OH excluding ortho intramolecular Hbond substituents is 1. The fraction of sp³-hybridized carbons (Fsp3) is 0.273. The Labute approximate surface area is 168 Å². The lowest BCUT2D eigenvalue weighted by molar-refractivity contribution is -0.385. The van der Waals surface area contributed by atoms with E-state index in [4.69, 9.17) is 4.74 Å². The number of benzene rings is 2. The van der Waals surface area contributed by atoms with Crippen LogP contribution >= 0.6 is 0 Å². The number of methoxy groups -OCH3 is 1. The van der Waals surface area contributed by atoms with Gasteiger partial charge in [0.1, 0.15) is 0 Å². The van der Waals surface area contributed by atoms with E-state index in [0.717, 1.165) is 30.8 Å². The maximum absolute atomic E-state index is 11.5. The molecule has 4 rings (SSSR count). The van der Waals surface area contributed by atoms with Crippen molar-refractivity contribution in [3.05, 3.63) is 87.7 Å². The third kappa shape index (κ3) is 3.69. The van der Waals surface area contributed by atoms with Crippen molar-refractivity contribution in [1.29, 1.82) is 0 Å². The molecule has 0 fully saturated rings. The van der Waals surface area contributed by atoms with Gasteiger partial charge in [0.05, 0.1) is 18.1 Å². The second-order valence-electron chi connectivity index (χ2n) is 7.17. The van der Waals surface area contributed by atoms with Crippen molar-refractivity contribution in [2.75, 3.05) is 13.7 Å². The summed E-state index contributed by atoms with van der Waals surface area (Å²) < 4.78 is 7.40. The van der Waals surface area contributed by atoms with E-state index in [0.29, 0.717) is 17.9 Å². The number of nitrogens with zero attached hydrogens (tertiary/aromatic N) is 3. The number of hydrogen-bond acceptors (Lipinski definition) is 5. The minimum atomic E-state index is -0.329. The Bertz CT molecular complexity index is 1030. The molecular weight excluding hydrogens is 370 g/mol. The highest BCUT2D eigenvalue weighted by Crippen LogP contribution is 2.37. The second-order valence-corrected chi connectivity index (χ2v) is 7.17. The minimum Gasteiger partial charge on any atom is -0.504 e. The molecule has 7 heteroatoms. The van der Waals surface area contributed by atoms with Crippen LogP contribution in [-0.2, 0) is 13.1 Å². The molecule has 3 aromatic rings. The van der Waals surface area contributed by atoms with E-state index in [1.54, 1.807) is 24.3 Å². The molecule has 0 saturated heterocycles. The molecule has 1 aromatic heterocycles. The van der Waals surface area contributed by atoms with Gasteiger partial charge in [-0.2, -0.15) is 0 Å². The van der Waals surface area contributed by atoms with E-state index in [1.165, 1.54) is 7.11 Å². The normalized spacial score (nSPS) is 16.8. The van der Waals surface area contributed by atoms with Gasteiger partial charge in [-0.05, 0) is 36.2 Å². The lowest BCUT2D eigenvalue weighted by Gasteiger charge is -2.30. The van der Waals surface area contributed by atoms with Crippen molar-refractivity contribution in [2.45, 2.75) is 25.6 Å². The number of hydrogen-bond donors (Lipinski definition) is 1. The monoisotopic (exact) mass is 393 g/mol. The number of aromatic nitrogens is 1. The van der Waals surface area contributed by atoms with Gasteiger partial charge in [0.2, 0.25) is 0 Å². The van der Waals surface area contributed by atoms with E-state index in [2.05, 4.69) is 21.7 Å². The average Bonchev–Trinajstić information content (AvgIpc) is 3.09. The standard InChI is InChI=1S/C22H23N3O4/c1-29-21-10-9-16(14-20(21)26)22-19-8-4-11-23(19)12-5-13-24(22)15-17-6-2-3-7-18(17)25(27)28/h2-4,6-11,14,22,26H,5,12-13,15H2,1H3. The Kier molecular flexibility index (Phi) is 5.22. The summed E-state index contributed by atoms with van der Waals surface area (Å²) in [5, 5.41) is 21.8. The van der Waals surface area contributed by atoms with Crippen LogP contribution in [0.25, 0.3) is 0 Å². The molecule has 1 aliphatic rings. The first kappa shape index (κ1) is 19.0. The number of nitro benzene ring substituents is 1. The van der Waals surface area contributed by atoms with Crippen LogP contribution < -0.4 is 4.74 Å². The van der Waals surface area contributed by atoms with Crippen LogP contribution in [0.4, 0.5) is 5.69 Å². The van der Waals surface area contributed by atoms with Gasteiger partial charge in [-0.3, -0.25) is 15.0 Å². The second kappa shape index (κ2) is 7.97. The van der Waals surface area contributed by atoms with Gasteiger partial charge in [0.15, 0.2) is 11.5 Å². The minimum absolute atomic E-state index is 0.0815. The molecule has 0 radical (unpaired) electrons. The van der Waals surface area contributed by atoms with Crippen molar-refractivity contribution in [3.8, 4) is 11.5 Å². The number of rotatable bonds is 5. The zero-order chi connectivity index (χ0) is 20.4. The number of aromatic hydroxyl groups is 1. The fourth-order valence-corrected chi connectivity index (χ4v) is 4.11. The SMILES string of the molecule is COc1ccc(C2c3cccn3CCCN2Cc2ccccc2[N+](=O)[O-])cc1O. The zero-order valence-corrected chi connectivity index (χ0v) is 16.2. The molecule has 1 aliphatic heterocycles. The van der Waals surface area contributed by atoms with Gasteiger partial charge < -0.3 is 14.4 Å². The van der Waals surface area contributed by atoms with Crippen molar-refractivity contribution in [2.24, 2.45) is 0 Å². The highest BCUT2D eigenvalue weighted by molar-refractivity contribution is 5.45. The molecule has 29 heavy (non-hydrogen) atoms. The Balaban J connectivity index is 1.77. The van der Waals surface area contributed by atoms with E-state index >= 15 is 0 Å². The van der Waals surface area contributed by atoms with Crippen LogP contribution in [0.15, 0.2) is 60.8 Å². The number of nitro groups is 1. The summed E-state index contributed by atoms with van der Waals surface area (Å²) in [5.41, 5.74) is 2.83. The maximum atomic E-state index is 11.5. The first-order chi connectivity index (χ1) is 14.1. The van der Waals surface area contributed by atoms with Crippen LogP contribution in [0.3, 0.4) is 0 Å². The summed E-state index contributed by atoms with van der Waals surface area (Å²) in [6, 6.07) is 16.2. The summed E-state index contributed by atoms with van der Waals surface area (Å²) in [4.78, 5) is 13.4. The van der Waals surface area contributed by atoms with E-state index in [1.807, 2.05) is 24.3 Å². The number of phenols is 1. The summed E-state index contributed by atoms with van der Waals surface area (Å²) in [7, 11) is 1.52. The molecule has 2 heterocycles. The van der Waals surface area contributed by atoms with Gasteiger partial charge in [-0.15, -0.1) is 0 Å². The molecule has 1 atom stereocenters. The molecule has 1 unspecified atom stereocenters. The number of para-hydroxylation sites is 1. The van der Waals surface area contributed by atoms with Crippen molar-refractivity contribution in [3.63, 3.8) is 0 Å². The van der Waals surface area contributed by atoms with Gasteiger partial charge in [0, 0.05) is 43.2 Å². The smallest absolute Gasteiger partial charge is 0.273 e. The van der Waals surface area contributed by atoms with Gasteiger partial charge >= 0.3 is 0 Å². The third-order valence-electron chi connectivity index (χ3n) is 5.43. The zero-order valence-electron chi connectivity index (χ0n) is 16.2. The van der Waals surface area contributed by atoms with Crippen molar-refractivity contribution < 1.29 is 14.8 Å². The lowest BCUT2D eigenvalue weighted by Crippen LogP contribution is -2.29. The van der Waals surface area contributed by atoms with Crippen LogP contribution in [0.5, 0.6) is 11.5 Å². The Morgan fingerprint density at radius 3 is 2.76 bits per heavy atom. The summed E-state index contributed by atoms with van der Waals surface area (Å²) in [5.74, 6) is 0.501.